The van der Waals surface area contributed by atoms with Crippen molar-refractivity contribution in [3.8, 4) is 0 Å². The number of carboxylic acid groups (broad SMARTS) is 1. The Balaban J connectivity index is 0.000000701. The van der Waals surface area contributed by atoms with E-state index in [9.17, 15) is 4.79 Å². The largest absolute Gasteiger partial charge is 0.483 e. The second-order valence-electron chi connectivity index (χ2n) is 6.32. The highest BCUT2D eigenvalue weighted by atomic mass is 16.5. The Morgan fingerprint density at radius 1 is 1.40 bits per heavy atom. The normalized spacial score (nSPS) is 23.8. The second-order valence-corrected chi connectivity index (χ2v) is 6.32. The smallest absolute Gasteiger partial charge is 0.356 e. The molecule has 0 radical (unpaired) electrons. The van der Waals surface area contributed by atoms with Gasteiger partial charge in [-0.3, -0.25) is 9.69 Å². The van der Waals surface area contributed by atoms with Crippen molar-refractivity contribution in [3.63, 3.8) is 0 Å². The molecule has 0 aliphatic carbocycles. The van der Waals surface area contributed by atoms with Crippen LogP contribution in [0.1, 0.15) is 16.2 Å². The van der Waals surface area contributed by atoms with Gasteiger partial charge in [-0.2, -0.15) is 0 Å². The number of pyridine rings is 1. The number of fused-ring (bicyclic) bond motifs is 3. The highest BCUT2D eigenvalue weighted by molar-refractivity contribution is 5.87. The molecule has 0 saturated carbocycles. The fourth-order valence-corrected chi connectivity index (χ4v) is 3.35. The Kier molecular flexibility index (Phi) is 7.30. The first kappa shape index (κ1) is 19.3. The van der Waals surface area contributed by atoms with E-state index < -0.39 is 0 Å². The Labute approximate surface area is 147 Å². The van der Waals surface area contributed by atoms with Crippen molar-refractivity contribution >= 4 is 12.4 Å². The van der Waals surface area contributed by atoms with Gasteiger partial charge < -0.3 is 19.5 Å². The summed E-state index contributed by atoms with van der Waals surface area (Å²) in [5, 5.41) is 6.89. The van der Waals surface area contributed by atoms with Gasteiger partial charge in [0.25, 0.3) is 6.47 Å². The van der Waals surface area contributed by atoms with Gasteiger partial charge in [-0.05, 0) is 19.2 Å². The van der Waals surface area contributed by atoms with Gasteiger partial charge in [-0.25, -0.2) is 9.78 Å². The number of carbonyl (C=O) groups excluding carboxylic acids is 1. The number of ether oxygens (including phenoxy) is 2. The van der Waals surface area contributed by atoms with Crippen molar-refractivity contribution in [2.75, 3.05) is 47.0 Å². The fraction of sp³-hybridized carbons (Fsp3) is 0.588. The minimum absolute atomic E-state index is 0.250. The SMILES string of the molecule is COC(=O)c1cccc(CN2C[C@H]3COC[C@@H]2CN(C)C3)n1.O=CO. The molecule has 138 valence electrons. The molecular formula is C17H25N3O5. The lowest BCUT2D eigenvalue weighted by atomic mass is 10.1. The summed E-state index contributed by atoms with van der Waals surface area (Å²) in [6, 6.07) is 5.89. The molecule has 2 atom stereocenters. The zero-order valence-electron chi connectivity index (χ0n) is 14.6. The van der Waals surface area contributed by atoms with E-state index in [1.54, 1.807) is 6.07 Å². The monoisotopic (exact) mass is 351 g/mol. The number of methoxy groups -OCH3 is 1. The van der Waals surface area contributed by atoms with Crippen molar-refractivity contribution in [1.82, 2.24) is 14.8 Å². The second kappa shape index (κ2) is 9.45. The molecule has 0 spiro atoms. The molecule has 1 aromatic rings. The van der Waals surface area contributed by atoms with Crippen LogP contribution in [0.3, 0.4) is 0 Å². The van der Waals surface area contributed by atoms with Crippen LogP contribution in [0.5, 0.6) is 0 Å². The lowest BCUT2D eigenvalue weighted by molar-refractivity contribution is -0.122. The van der Waals surface area contributed by atoms with Crippen LogP contribution in [0.2, 0.25) is 0 Å². The lowest BCUT2D eigenvalue weighted by Crippen LogP contribution is -2.42. The van der Waals surface area contributed by atoms with Crippen LogP contribution < -0.4 is 0 Å². The van der Waals surface area contributed by atoms with Crippen molar-refractivity contribution in [3.05, 3.63) is 29.6 Å². The molecule has 0 unspecified atom stereocenters. The topological polar surface area (TPSA) is 92.2 Å². The molecule has 2 fully saturated rings. The third-order valence-corrected chi connectivity index (χ3v) is 4.33. The molecule has 1 N–H and O–H groups in total. The maximum absolute atomic E-state index is 11.6. The molecule has 8 nitrogen and oxygen atoms in total. The van der Waals surface area contributed by atoms with Gasteiger partial charge in [-0.1, -0.05) is 6.07 Å². The summed E-state index contributed by atoms with van der Waals surface area (Å²) in [5.41, 5.74) is 1.27. The Hall–Kier alpha value is -2.03. The maximum atomic E-state index is 11.6. The molecule has 8 heteroatoms. The Morgan fingerprint density at radius 2 is 2.16 bits per heavy atom. The standard InChI is InChI=1S/C16H23N3O3.CH2O2/c1-18-6-12-7-19(14(9-18)11-22-10-12)8-13-4-3-5-15(17-13)16(20)21-2;2-1-3/h3-5,12,14H,6-11H2,1-2H3;1H,(H,2,3)/t12-,14-;/m0./s1. The molecule has 3 rings (SSSR count). The number of hydrogen-bond donors (Lipinski definition) is 1. The maximum Gasteiger partial charge on any atom is 0.356 e. The van der Waals surface area contributed by atoms with Gasteiger partial charge in [0, 0.05) is 38.1 Å². The summed E-state index contributed by atoms with van der Waals surface area (Å²) in [6.45, 7) is 5.17. The summed E-state index contributed by atoms with van der Waals surface area (Å²) in [6.07, 6.45) is 0. The van der Waals surface area contributed by atoms with Gasteiger partial charge in [0.05, 0.1) is 26.0 Å². The summed E-state index contributed by atoms with van der Waals surface area (Å²) in [5.74, 6) is 0.140. The van der Waals surface area contributed by atoms with Crippen molar-refractivity contribution in [2.24, 2.45) is 5.92 Å². The molecule has 0 amide bonds. The van der Waals surface area contributed by atoms with Crippen LogP contribution in [0.15, 0.2) is 18.2 Å². The molecule has 25 heavy (non-hydrogen) atoms. The van der Waals surface area contributed by atoms with Crippen LogP contribution in [0, 0.1) is 5.92 Å². The van der Waals surface area contributed by atoms with E-state index in [0.717, 1.165) is 45.1 Å². The minimum atomic E-state index is -0.389. The van der Waals surface area contributed by atoms with Gasteiger partial charge in [0.1, 0.15) is 5.69 Å². The van der Waals surface area contributed by atoms with Gasteiger partial charge >= 0.3 is 5.97 Å². The van der Waals surface area contributed by atoms with Gasteiger partial charge in [-0.15, -0.1) is 0 Å². The third kappa shape index (κ3) is 5.48. The third-order valence-electron chi connectivity index (χ3n) is 4.33. The Bertz CT molecular complexity index is 583. The number of carbonyl (C=O) groups is 2. The van der Waals surface area contributed by atoms with Crippen LogP contribution in [0.4, 0.5) is 0 Å². The van der Waals surface area contributed by atoms with Gasteiger partial charge in [0.2, 0.25) is 0 Å². The number of hydrogen-bond acceptors (Lipinski definition) is 7. The molecule has 2 saturated heterocycles. The predicted octanol–water partition coefficient (Wildman–Crippen LogP) is 0.331. The van der Waals surface area contributed by atoms with E-state index in [1.165, 1.54) is 7.11 Å². The van der Waals surface area contributed by atoms with E-state index in [-0.39, 0.29) is 12.4 Å². The minimum Gasteiger partial charge on any atom is -0.483 e. The molecule has 2 aliphatic rings. The average molecular weight is 351 g/mol. The first-order valence-corrected chi connectivity index (χ1v) is 8.19. The Morgan fingerprint density at radius 3 is 2.88 bits per heavy atom. The van der Waals surface area contributed by atoms with Crippen molar-refractivity contribution in [1.29, 1.82) is 0 Å². The van der Waals surface area contributed by atoms with Crippen LogP contribution >= 0.6 is 0 Å². The number of esters is 1. The predicted molar refractivity (Wildman–Crippen MR) is 90.3 cm³/mol. The molecule has 2 bridgehead atoms. The molecular weight excluding hydrogens is 326 g/mol. The van der Waals surface area contributed by atoms with Crippen LogP contribution in [-0.2, 0) is 20.8 Å². The van der Waals surface area contributed by atoms with E-state index in [1.807, 2.05) is 12.1 Å². The van der Waals surface area contributed by atoms with E-state index in [2.05, 4.69) is 21.8 Å². The highest BCUT2D eigenvalue weighted by Crippen LogP contribution is 2.20. The van der Waals surface area contributed by atoms with Crippen LogP contribution in [0.25, 0.3) is 0 Å². The fourth-order valence-electron chi connectivity index (χ4n) is 3.35. The molecule has 2 aliphatic heterocycles. The lowest BCUT2D eigenvalue weighted by Gasteiger charge is -2.29. The average Bonchev–Trinajstić information content (AvgIpc) is 2.84. The summed E-state index contributed by atoms with van der Waals surface area (Å²) in [7, 11) is 3.55. The zero-order chi connectivity index (χ0) is 18.2. The first-order chi connectivity index (χ1) is 12.1. The van der Waals surface area contributed by atoms with Crippen molar-refractivity contribution < 1.29 is 24.2 Å². The van der Waals surface area contributed by atoms with Crippen LogP contribution in [-0.4, -0.2) is 85.4 Å². The molecule has 0 aromatic carbocycles. The summed E-state index contributed by atoms with van der Waals surface area (Å²) in [4.78, 5) is 29.2. The van der Waals surface area contributed by atoms with E-state index in [4.69, 9.17) is 19.4 Å². The number of nitrogens with zero attached hydrogens (tertiary/aromatic N) is 3. The van der Waals surface area contributed by atoms with E-state index in [0.29, 0.717) is 17.7 Å². The number of likely N-dealkylation sites (N-methyl/N-ethyl adjacent to an activating group) is 1. The number of aromatic nitrogens is 1. The summed E-state index contributed by atoms with van der Waals surface area (Å²) >= 11 is 0. The summed E-state index contributed by atoms with van der Waals surface area (Å²) < 4.78 is 10.5. The first-order valence-electron chi connectivity index (χ1n) is 8.19. The van der Waals surface area contributed by atoms with E-state index >= 15 is 0 Å². The van der Waals surface area contributed by atoms with Crippen molar-refractivity contribution in [2.45, 2.75) is 12.6 Å². The van der Waals surface area contributed by atoms with Gasteiger partial charge in [0.15, 0.2) is 0 Å². The quantitative estimate of drug-likeness (QED) is 0.615. The molecule has 1 aromatic heterocycles. The highest BCUT2D eigenvalue weighted by Gasteiger charge is 2.32. The number of rotatable bonds is 3. The zero-order valence-corrected chi connectivity index (χ0v) is 14.6. The molecule has 3 heterocycles.